The fourth-order valence-corrected chi connectivity index (χ4v) is 4.09. The van der Waals surface area contributed by atoms with Crippen LogP contribution in [0.1, 0.15) is 33.1 Å². The molecule has 0 bridgehead atoms. The van der Waals surface area contributed by atoms with Crippen LogP contribution in [0.4, 0.5) is 14.6 Å². The van der Waals surface area contributed by atoms with Crippen molar-refractivity contribution in [2.75, 3.05) is 25.4 Å². The Balaban J connectivity index is 0.000000219. The topological polar surface area (TPSA) is 122 Å². The number of allylic oxidation sites excluding steroid dienone is 3. The van der Waals surface area contributed by atoms with E-state index in [1.165, 1.54) is 18.2 Å². The van der Waals surface area contributed by atoms with Gasteiger partial charge in [-0.25, -0.2) is 18.8 Å². The van der Waals surface area contributed by atoms with E-state index in [0.717, 1.165) is 54.5 Å². The van der Waals surface area contributed by atoms with Gasteiger partial charge in [-0.1, -0.05) is 31.2 Å². The second-order valence-electron chi connectivity index (χ2n) is 8.95. The van der Waals surface area contributed by atoms with Crippen molar-refractivity contribution in [3.05, 3.63) is 66.6 Å². The highest BCUT2D eigenvalue weighted by atomic mass is 19.1. The fraction of sp³-hybridized carbons (Fsp3) is 0.357. The van der Waals surface area contributed by atoms with Crippen LogP contribution in [0.3, 0.4) is 0 Å². The van der Waals surface area contributed by atoms with Gasteiger partial charge >= 0.3 is 0 Å². The second kappa shape index (κ2) is 14.7. The molecule has 0 radical (unpaired) electrons. The summed E-state index contributed by atoms with van der Waals surface area (Å²) in [6.45, 7) is 5.78. The fourth-order valence-electron chi connectivity index (χ4n) is 4.09. The number of hydrazone groups is 1. The summed E-state index contributed by atoms with van der Waals surface area (Å²) < 4.78 is 27.5. The molecule has 10 heteroatoms. The molecule has 2 heterocycles. The number of anilines is 1. The highest BCUT2D eigenvalue weighted by Crippen LogP contribution is 2.27. The first kappa shape index (κ1) is 28.6. The van der Waals surface area contributed by atoms with Crippen molar-refractivity contribution in [3.8, 4) is 11.3 Å². The largest absolute Gasteiger partial charge is 0.384 e. The monoisotopic (exact) mass is 522 g/mol. The summed E-state index contributed by atoms with van der Waals surface area (Å²) in [5, 5.41) is 11.8. The third-order valence-electron chi connectivity index (χ3n) is 6.24. The predicted octanol–water partition coefficient (Wildman–Crippen LogP) is 5.43. The molecule has 5 N–H and O–H groups in total. The lowest BCUT2D eigenvalue weighted by Crippen LogP contribution is -2.35. The van der Waals surface area contributed by atoms with Crippen molar-refractivity contribution in [1.29, 1.82) is 0 Å². The normalized spacial score (nSPS) is 17.6. The molecule has 38 heavy (non-hydrogen) atoms. The summed E-state index contributed by atoms with van der Waals surface area (Å²) in [5.41, 5.74) is 8.56. The summed E-state index contributed by atoms with van der Waals surface area (Å²) in [6.07, 6.45) is 9.25. The Morgan fingerprint density at radius 3 is 2.79 bits per heavy atom. The molecule has 2 aromatic heterocycles. The number of nitrogens with one attached hydrogen (secondary N) is 1. The summed E-state index contributed by atoms with van der Waals surface area (Å²) in [6, 6.07) is 11.7. The zero-order chi connectivity index (χ0) is 27.3. The van der Waals surface area contributed by atoms with E-state index in [4.69, 9.17) is 11.6 Å². The van der Waals surface area contributed by atoms with Gasteiger partial charge < -0.3 is 16.5 Å². The summed E-state index contributed by atoms with van der Waals surface area (Å²) >= 11 is 0. The summed E-state index contributed by atoms with van der Waals surface area (Å²) in [4.78, 5) is 10.1. The van der Waals surface area contributed by atoms with E-state index in [1.807, 2.05) is 43.3 Å². The van der Waals surface area contributed by atoms with Gasteiger partial charge in [-0.3, -0.25) is 5.10 Å². The van der Waals surface area contributed by atoms with Crippen LogP contribution in [0.25, 0.3) is 22.2 Å². The lowest BCUT2D eigenvalue weighted by molar-refractivity contribution is 0.184. The van der Waals surface area contributed by atoms with Crippen LogP contribution in [0, 0.1) is 5.92 Å². The maximum absolute atomic E-state index is 13.8. The van der Waals surface area contributed by atoms with E-state index in [2.05, 4.69) is 30.2 Å². The number of unbranched alkanes of at least 4 members (excludes halogenated alkanes) is 2. The number of nitrogens with zero attached hydrogens (tertiary/aromatic N) is 5. The van der Waals surface area contributed by atoms with Crippen molar-refractivity contribution < 1.29 is 8.78 Å². The van der Waals surface area contributed by atoms with E-state index in [9.17, 15) is 8.78 Å². The Morgan fingerprint density at radius 2 is 2.05 bits per heavy atom. The minimum atomic E-state index is -1.23. The zero-order valence-electron chi connectivity index (χ0n) is 21.9. The van der Waals surface area contributed by atoms with Crippen LogP contribution >= 0.6 is 0 Å². The molecule has 2 unspecified atom stereocenters. The van der Waals surface area contributed by atoms with Crippen molar-refractivity contribution in [1.82, 2.24) is 20.1 Å². The number of nitrogens with two attached hydrogens (primary N) is 2. The van der Waals surface area contributed by atoms with E-state index >= 15 is 0 Å². The Kier molecular flexibility index (Phi) is 11.1. The molecule has 1 aliphatic carbocycles. The Bertz CT molecular complexity index is 1280. The molecule has 4 rings (SSSR count). The minimum absolute atomic E-state index is 0.364. The number of hydrogen-bond acceptors (Lipinski definition) is 6. The number of nitrogen functional groups attached to an aromatic ring is 1. The van der Waals surface area contributed by atoms with E-state index in [-0.39, 0.29) is 5.83 Å². The number of rotatable bonds is 9. The Hall–Kier alpha value is -3.92. The number of aromatic amines is 1. The smallest absolute Gasteiger partial charge is 0.144 e. The summed E-state index contributed by atoms with van der Waals surface area (Å²) in [7, 11) is 0. The lowest BCUT2D eigenvalue weighted by atomic mass is 9.96. The van der Waals surface area contributed by atoms with Crippen LogP contribution in [-0.2, 0) is 0 Å². The van der Waals surface area contributed by atoms with Gasteiger partial charge in [0.2, 0.25) is 0 Å². The summed E-state index contributed by atoms with van der Waals surface area (Å²) in [5.74, 6) is 5.10. The van der Waals surface area contributed by atoms with Crippen LogP contribution < -0.4 is 11.6 Å². The highest BCUT2D eigenvalue weighted by Gasteiger charge is 2.27. The van der Waals surface area contributed by atoms with Crippen molar-refractivity contribution >= 4 is 28.8 Å². The van der Waals surface area contributed by atoms with Crippen molar-refractivity contribution in [2.24, 2.45) is 21.9 Å². The molecule has 2 atom stereocenters. The molecule has 202 valence electrons. The number of pyridine rings is 1. The number of amidine groups is 1. The first-order valence-corrected chi connectivity index (χ1v) is 12.7. The number of aliphatic imine (C=N–C) groups is 1. The molecule has 3 aromatic rings. The van der Waals surface area contributed by atoms with Crippen LogP contribution in [0.15, 0.2) is 76.7 Å². The molecule has 0 amide bonds. The lowest BCUT2D eigenvalue weighted by Gasteiger charge is -2.27. The maximum Gasteiger partial charge on any atom is 0.144 e. The van der Waals surface area contributed by atoms with Crippen molar-refractivity contribution in [2.45, 2.75) is 39.3 Å². The van der Waals surface area contributed by atoms with Gasteiger partial charge in [-0.15, -0.1) is 0 Å². The molecule has 0 aliphatic heterocycles. The molecular weight excluding hydrogens is 486 g/mol. The molecule has 1 aliphatic rings. The predicted molar refractivity (Wildman–Crippen MR) is 152 cm³/mol. The van der Waals surface area contributed by atoms with Crippen molar-refractivity contribution in [3.63, 3.8) is 0 Å². The third-order valence-corrected chi connectivity index (χ3v) is 6.24. The number of halogens is 2. The SMILES string of the molecule is CCN(CCCCC=N/C(C)=N\N)CC1C(F)=CC=CC1F.Nc1cc(-c2n[nH]c3ccccc23)ccn1. The van der Waals surface area contributed by atoms with E-state index in [1.54, 1.807) is 19.3 Å². The molecule has 0 saturated carbocycles. The second-order valence-corrected chi connectivity index (χ2v) is 8.95. The van der Waals surface area contributed by atoms with E-state index < -0.39 is 12.1 Å². The average molecular weight is 523 g/mol. The van der Waals surface area contributed by atoms with Crippen LogP contribution in [0.5, 0.6) is 0 Å². The molecule has 0 fully saturated rings. The first-order chi connectivity index (χ1) is 18.4. The van der Waals surface area contributed by atoms with Gasteiger partial charge in [0.25, 0.3) is 0 Å². The average Bonchev–Trinajstić information content (AvgIpc) is 3.36. The van der Waals surface area contributed by atoms with Gasteiger partial charge in [0, 0.05) is 29.9 Å². The molecular formula is C28H36F2N8. The number of para-hydroxylation sites is 1. The third kappa shape index (κ3) is 8.31. The van der Waals surface area contributed by atoms with Gasteiger partial charge in [0.05, 0.1) is 11.4 Å². The number of alkyl halides is 1. The first-order valence-electron chi connectivity index (χ1n) is 12.7. The number of aromatic nitrogens is 3. The quantitative estimate of drug-likeness (QED) is 0.114. The zero-order valence-corrected chi connectivity index (χ0v) is 21.9. The van der Waals surface area contributed by atoms with Crippen LogP contribution in [0.2, 0.25) is 0 Å². The van der Waals surface area contributed by atoms with Gasteiger partial charge in [0.1, 0.15) is 29.3 Å². The number of hydrogen-bond donors (Lipinski definition) is 3. The molecule has 8 nitrogen and oxygen atoms in total. The minimum Gasteiger partial charge on any atom is -0.384 e. The van der Waals surface area contributed by atoms with Crippen LogP contribution in [-0.4, -0.2) is 57.9 Å². The highest BCUT2D eigenvalue weighted by molar-refractivity contribution is 5.93. The molecule has 1 aromatic carbocycles. The number of H-pyrrole nitrogens is 1. The van der Waals surface area contributed by atoms with E-state index in [0.29, 0.717) is 18.2 Å². The van der Waals surface area contributed by atoms with Gasteiger partial charge in [-0.2, -0.15) is 10.2 Å². The van der Waals surface area contributed by atoms with Gasteiger partial charge in [0.15, 0.2) is 0 Å². The standard InChI is InChI=1S/C16H26F2N4.C12H10N4/c1-3-22(11-6-4-5-10-20-13(2)21-19)12-14-15(17)8-7-9-16(14)18;13-11-7-8(5-6-14-11)12-9-3-1-2-4-10(9)15-16-12/h7-10,14-15H,3-6,11-12,19H2,1-2H3;1-7H,(H2,13,14)(H,15,16)/b20-10?,21-13-;. The Labute approximate surface area is 222 Å². The number of fused-ring (bicyclic) bond motifs is 1. The molecule has 0 saturated heterocycles. The van der Waals surface area contributed by atoms with Gasteiger partial charge in [-0.05, 0) is 69.6 Å². The maximum atomic E-state index is 13.8. The molecule has 0 spiro atoms. The number of benzene rings is 1. The Morgan fingerprint density at radius 1 is 1.24 bits per heavy atom.